The fourth-order valence-corrected chi connectivity index (χ4v) is 8.02. The number of aryl methyl sites for hydroxylation is 1. The summed E-state index contributed by atoms with van der Waals surface area (Å²) in [5.41, 5.74) is 6.49. The Hall–Kier alpha value is -7.49. The molecule has 16 heteroatoms. The van der Waals surface area contributed by atoms with Gasteiger partial charge in [-0.2, -0.15) is 10.2 Å². The fraction of sp³-hybridized carbons (Fsp3) is 0.214. The standard InChI is InChI=1S/C42H35N11O5/c1-24-18-26(3-8-36(24)58-29-12-16-52-37(21-29)44-23-46-52)47-39-31-5-2-25(19-34(31)43-22-45-39)33-13-17-51(49-33)27-10-14-50(15-11-27)28-4-6-30-32(20-28)42(57)53(41(30)56)35-7-9-38(54)48-40(35)55/h2-6,8,12-13,16-23,27,35H,7,9-11,14-15H2,1H3,(H,43,45,47)(H,48,54,55). The number of benzene rings is 3. The van der Waals surface area contributed by atoms with Gasteiger partial charge >= 0.3 is 0 Å². The SMILES string of the molecule is Cc1cc(Nc2ncnc3cc(-c4ccn(C5CCN(c6ccc7c(c6)C(=O)N(C6CCC(=O)NC6=O)C7=O)CC5)n4)ccc23)ccc1Oc1ccn2ncnc2c1. The lowest BCUT2D eigenvalue weighted by molar-refractivity contribution is -0.136. The topological polar surface area (TPSA) is 182 Å². The Balaban J connectivity index is 0.789. The summed E-state index contributed by atoms with van der Waals surface area (Å²) >= 11 is 0. The first-order valence-corrected chi connectivity index (χ1v) is 19.0. The molecule has 0 aliphatic carbocycles. The van der Waals surface area contributed by atoms with E-state index in [1.54, 1.807) is 23.0 Å². The number of ether oxygens (including phenoxy) is 1. The minimum absolute atomic E-state index is 0.0807. The van der Waals surface area contributed by atoms with Gasteiger partial charge in [0, 0.05) is 60.3 Å². The summed E-state index contributed by atoms with van der Waals surface area (Å²) in [5, 5.41) is 15.7. The predicted octanol–water partition coefficient (Wildman–Crippen LogP) is 5.62. The van der Waals surface area contributed by atoms with Crippen molar-refractivity contribution in [1.29, 1.82) is 0 Å². The number of amides is 4. The van der Waals surface area contributed by atoms with Crippen LogP contribution in [0.25, 0.3) is 27.8 Å². The molecule has 4 amide bonds. The molecule has 2 fully saturated rings. The van der Waals surface area contributed by atoms with E-state index in [-0.39, 0.29) is 30.0 Å². The summed E-state index contributed by atoms with van der Waals surface area (Å²) in [6, 6.07) is 22.1. The van der Waals surface area contributed by atoms with Crippen LogP contribution >= 0.6 is 0 Å². The number of nitrogens with one attached hydrogen (secondary N) is 2. The highest BCUT2D eigenvalue weighted by Crippen LogP contribution is 2.35. The third-order valence-corrected chi connectivity index (χ3v) is 11.1. The van der Waals surface area contributed by atoms with Crippen molar-refractivity contribution >= 4 is 57.4 Å². The van der Waals surface area contributed by atoms with Crippen LogP contribution in [0.5, 0.6) is 11.5 Å². The van der Waals surface area contributed by atoms with E-state index < -0.39 is 29.7 Å². The van der Waals surface area contributed by atoms with Crippen molar-refractivity contribution < 1.29 is 23.9 Å². The number of imide groups is 2. The van der Waals surface area contributed by atoms with Gasteiger partial charge in [0.05, 0.1) is 28.4 Å². The molecule has 16 nitrogen and oxygen atoms in total. The maximum absolute atomic E-state index is 13.4. The van der Waals surface area contributed by atoms with E-state index in [0.717, 1.165) is 75.7 Å². The lowest BCUT2D eigenvalue weighted by Gasteiger charge is -2.33. The molecule has 58 heavy (non-hydrogen) atoms. The summed E-state index contributed by atoms with van der Waals surface area (Å²) in [4.78, 5) is 67.2. The van der Waals surface area contributed by atoms with Crippen LogP contribution in [-0.2, 0) is 9.59 Å². The summed E-state index contributed by atoms with van der Waals surface area (Å²) in [7, 11) is 0. The second-order valence-electron chi connectivity index (χ2n) is 14.7. The third-order valence-electron chi connectivity index (χ3n) is 11.1. The lowest BCUT2D eigenvalue weighted by atomic mass is 10.0. The van der Waals surface area contributed by atoms with Crippen molar-refractivity contribution in [2.75, 3.05) is 23.3 Å². The molecule has 10 rings (SSSR count). The fourth-order valence-electron chi connectivity index (χ4n) is 8.02. The van der Waals surface area contributed by atoms with E-state index >= 15 is 0 Å². The van der Waals surface area contributed by atoms with E-state index in [1.807, 2.05) is 84.7 Å². The number of piperidine rings is 2. The predicted molar refractivity (Wildman–Crippen MR) is 212 cm³/mol. The number of anilines is 3. The van der Waals surface area contributed by atoms with Crippen molar-refractivity contribution in [3.63, 3.8) is 0 Å². The molecule has 2 N–H and O–H groups in total. The van der Waals surface area contributed by atoms with Crippen LogP contribution < -0.4 is 20.3 Å². The first-order valence-electron chi connectivity index (χ1n) is 19.0. The largest absolute Gasteiger partial charge is 0.457 e. The highest BCUT2D eigenvalue weighted by Gasteiger charge is 2.44. The van der Waals surface area contributed by atoms with Crippen LogP contribution in [0.15, 0.2) is 97.8 Å². The maximum Gasteiger partial charge on any atom is 0.262 e. The molecule has 1 unspecified atom stereocenters. The number of hydrogen-bond acceptors (Lipinski definition) is 12. The average Bonchev–Trinajstić information content (AvgIpc) is 3.98. The van der Waals surface area contributed by atoms with Crippen LogP contribution in [0.4, 0.5) is 17.2 Å². The molecular formula is C42H35N11O5. The second-order valence-corrected chi connectivity index (χ2v) is 14.7. The zero-order valence-corrected chi connectivity index (χ0v) is 31.2. The van der Waals surface area contributed by atoms with Gasteiger partial charge in [0.25, 0.3) is 11.8 Å². The van der Waals surface area contributed by atoms with Gasteiger partial charge in [-0.1, -0.05) is 6.07 Å². The summed E-state index contributed by atoms with van der Waals surface area (Å²) in [6.45, 7) is 3.46. The number of carbonyl (C=O) groups is 4. The number of pyridine rings is 1. The van der Waals surface area contributed by atoms with Crippen LogP contribution in [0.2, 0.25) is 0 Å². The smallest absolute Gasteiger partial charge is 0.262 e. The molecule has 0 saturated carbocycles. The molecule has 288 valence electrons. The van der Waals surface area contributed by atoms with Crippen molar-refractivity contribution in [3.8, 4) is 22.8 Å². The van der Waals surface area contributed by atoms with Gasteiger partial charge in [-0.15, -0.1) is 0 Å². The average molecular weight is 774 g/mol. The minimum atomic E-state index is -0.990. The minimum Gasteiger partial charge on any atom is -0.457 e. The van der Waals surface area contributed by atoms with E-state index in [1.165, 1.54) is 6.33 Å². The summed E-state index contributed by atoms with van der Waals surface area (Å²) < 4.78 is 9.85. The number of fused-ring (bicyclic) bond motifs is 3. The van der Waals surface area contributed by atoms with Gasteiger partial charge < -0.3 is 15.0 Å². The molecule has 7 heterocycles. The third kappa shape index (κ3) is 6.24. The van der Waals surface area contributed by atoms with Crippen LogP contribution in [0, 0.1) is 6.92 Å². The number of carbonyl (C=O) groups excluding carboxylic acids is 4. The Morgan fingerprint density at radius 2 is 1.67 bits per heavy atom. The van der Waals surface area contributed by atoms with Gasteiger partial charge in [0.1, 0.15) is 36.0 Å². The van der Waals surface area contributed by atoms with Gasteiger partial charge in [-0.05, 0) is 92.4 Å². The van der Waals surface area contributed by atoms with E-state index in [0.29, 0.717) is 17.2 Å². The number of hydrogen-bond donors (Lipinski definition) is 2. The molecule has 3 aliphatic rings. The van der Waals surface area contributed by atoms with Crippen LogP contribution in [-0.4, -0.2) is 82.0 Å². The maximum atomic E-state index is 13.4. The van der Waals surface area contributed by atoms with Gasteiger partial charge in [-0.3, -0.25) is 34.1 Å². The summed E-state index contributed by atoms with van der Waals surface area (Å²) in [6.07, 6.45) is 8.74. The molecule has 3 aromatic carbocycles. The zero-order valence-electron chi connectivity index (χ0n) is 31.2. The number of aromatic nitrogens is 7. The second kappa shape index (κ2) is 13.9. The van der Waals surface area contributed by atoms with Crippen molar-refractivity contribution in [1.82, 2.24) is 44.6 Å². The van der Waals surface area contributed by atoms with Crippen molar-refractivity contribution in [3.05, 3.63) is 115 Å². The number of nitrogens with zero attached hydrogens (tertiary/aromatic N) is 9. The molecule has 4 aromatic heterocycles. The van der Waals surface area contributed by atoms with Crippen LogP contribution in [0.3, 0.4) is 0 Å². The Kier molecular flexibility index (Phi) is 8.39. The Morgan fingerprint density at radius 1 is 0.810 bits per heavy atom. The quantitative estimate of drug-likeness (QED) is 0.182. The number of rotatable bonds is 8. The monoisotopic (exact) mass is 773 g/mol. The van der Waals surface area contributed by atoms with Gasteiger partial charge in [0.15, 0.2) is 5.65 Å². The molecule has 0 bridgehead atoms. The van der Waals surface area contributed by atoms with Crippen LogP contribution in [0.1, 0.15) is 58.0 Å². The normalized spacial score (nSPS) is 17.3. The highest BCUT2D eigenvalue weighted by atomic mass is 16.5. The first kappa shape index (κ1) is 35.0. The molecule has 1 atom stereocenters. The van der Waals surface area contributed by atoms with E-state index in [9.17, 15) is 19.2 Å². The van der Waals surface area contributed by atoms with Gasteiger partial charge in [-0.25, -0.2) is 19.5 Å². The Morgan fingerprint density at radius 3 is 2.52 bits per heavy atom. The van der Waals surface area contributed by atoms with E-state index in [4.69, 9.17) is 9.84 Å². The summed E-state index contributed by atoms with van der Waals surface area (Å²) in [5.74, 6) is 0.0574. The molecule has 0 radical (unpaired) electrons. The van der Waals surface area contributed by atoms with E-state index in [2.05, 4.69) is 35.6 Å². The molecule has 3 aliphatic heterocycles. The zero-order chi connectivity index (χ0) is 39.5. The van der Waals surface area contributed by atoms with Crippen molar-refractivity contribution in [2.24, 2.45) is 0 Å². The Bertz CT molecular complexity index is 2820. The molecule has 2 saturated heterocycles. The van der Waals surface area contributed by atoms with Crippen molar-refractivity contribution in [2.45, 2.75) is 44.7 Å². The molecule has 7 aromatic rings. The first-order chi connectivity index (χ1) is 28.3. The Labute approximate surface area is 330 Å². The highest BCUT2D eigenvalue weighted by molar-refractivity contribution is 6.23. The molecule has 0 spiro atoms. The lowest BCUT2D eigenvalue weighted by Crippen LogP contribution is -2.54. The van der Waals surface area contributed by atoms with Gasteiger partial charge in [0.2, 0.25) is 11.8 Å². The molecular weight excluding hydrogens is 739 g/mol.